The Morgan fingerprint density at radius 1 is 0.972 bits per heavy atom. The summed E-state index contributed by atoms with van der Waals surface area (Å²) in [5, 5.41) is 10.1. The second-order valence-electron chi connectivity index (χ2n) is 7.55. The van der Waals surface area contributed by atoms with E-state index in [-0.39, 0.29) is 5.91 Å². The van der Waals surface area contributed by atoms with E-state index in [9.17, 15) is 18.0 Å². The Balaban J connectivity index is 0.000000454. The number of hydrogen-bond acceptors (Lipinski definition) is 5. The highest BCUT2D eigenvalue weighted by molar-refractivity contribution is 5.94. The second-order valence-corrected chi connectivity index (χ2v) is 7.55. The van der Waals surface area contributed by atoms with Crippen molar-refractivity contribution in [1.29, 1.82) is 0 Å². The second kappa shape index (κ2) is 11.7. The minimum Gasteiger partial charge on any atom is -0.475 e. The molecular weight excluding hydrogens is 475 g/mol. The smallest absolute Gasteiger partial charge is 0.475 e. The number of hydrogen-bond donors (Lipinski definition) is 2. The first kappa shape index (κ1) is 26.1. The van der Waals surface area contributed by atoms with Gasteiger partial charge in [0.15, 0.2) is 5.82 Å². The maximum absolute atomic E-state index is 12.6. The summed E-state index contributed by atoms with van der Waals surface area (Å²) in [4.78, 5) is 34.4. The molecule has 0 aliphatic carbocycles. The van der Waals surface area contributed by atoms with Crippen molar-refractivity contribution in [3.05, 3.63) is 90.8 Å². The number of carbonyl (C=O) groups excluding carboxylic acids is 1. The maximum atomic E-state index is 12.6. The van der Waals surface area contributed by atoms with Gasteiger partial charge in [0.25, 0.3) is 5.91 Å². The van der Waals surface area contributed by atoms with E-state index in [1.807, 2.05) is 66.3 Å². The molecule has 36 heavy (non-hydrogen) atoms. The highest BCUT2D eigenvalue weighted by Crippen LogP contribution is 2.22. The molecule has 0 saturated heterocycles. The fourth-order valence-electron chi connectivity index (χ4n) is 3.12. The van der Waals surface area contributed by atoms with Crippen LogP contribution >= 0.6 is 0 Å². The lowest BCUT2D eigenvalue weighted by Gasteiger charge is -2.05. The first-order valence-corrected chi connectivity index (χ1v) is 10.7. The van der Waals surface area contributed by atoms with Gasteiger partial charge < -0.3 is 15.0 Å². The largest absolute Gasteiger partial charge is 0.490 e. The third-order valence-corrected chi connectivity index (χ3v) is 4.95. The van der Waals surface area contributed by atoms with E-state index in [2.05, 4.69) is 20.3 Å². The zero-order valence-electron chi connectivity index (χ0n) is 19.1. The van der Waals surface area contributed by atoms with Crippen LogP contribution in [0, 0.1) is 0 Å². The van der Waals surface area contributed by atoms with Gasteiger partial charge >= 0.3 is 12.1 Å². The molecule has 8 nitrogen and oxygen atoms in total. The molecule has 1 amide bonds. The van der Waals surface area contributed by atoms with Crippen LogP contribution < -0.4 is 5.32 Å². The number of aromatic nitrogens is 4. The highest BCUT2D eigenvalue weighted by atomic mass is 19.4. The molecule has 0 atom stereocenters. The number of pyridine rings is 1. The predicted octanol–water partition coefficient (Wildman–Crippen LogP) is 4.15. The van der Waals surface area contributed by atoms with Gasteiger partial charge in [-0.3, -0.25) is 9.78 Å². The molecule has 4 rings (SSSR count). The number of alkyl halides is 3. The molecule has 1 aromatic carbocycles. The minimum absolute atomic E-state index is 0.102. The number of nitrogens with zero attached hydrogens (tertiary/aromatic N) is 4. The topological polar surface area (TPSA) is 110 Å². The third-order valence-electron chi connectivity index (χ3n) is 4.95. The van der Waals surface area contributed by atoms with E-state index in [4.69, 9.17) is 9.90 Å². The van der Waals surface area contributed by atoms with Crippen molar-refractivity contribution >= 4 is 11.9 Å². The average Bonchev–Trinajstić information content (AvgIpc) is 3.27. The van der Waals surface area contributed by atoms with Crippen LogP contribution in [0.1, 0.15) is 16.1 Å². The molecule has 0 saturated carbocycles. The number of carboxylic acid groups (broad SMARTS) is 1. The van der Waals surface area contributed by atoms with Crippen LogP contribution in [-0.2, 0) is 18.3 Å². The van der Waals surface area contributed by atoms with Crippen LogP contribution in [0.4, 0.5) is 13.2 Å². The number of carbonyl (C=O) groups is 2. The Bertz CT molecular complexity index is 1290. The number of nitrogens with one attached hydrogen (secondary N) is 1. The van der Waals surface area contributed by atoms with Gasteiger partial charge in [-0.25, -0.2) is 14.8 Å². The van der Waals surface area contributed by atoms with Crippen LogP contribution in [0.3, 0.4) is 0 Å². The fraction of sp³-hybridized carbons (Fsp3) is 0.160. The predicted molar refractivity (Wildman–Crippen MR) is 126 cm³/mol. The Morgan fingerprint density at radius 3 is 2.17 bits per heavy atom. The SMILES string of the molecule is Cn1cc(-c2cnc(-c3ccccc3)nc2)cc1C(=O)NCCc1ccncc1.O=C(O)C(F)(F)F. The molecule has 3 aromatic heterocycles. The molecular formula is C25H22F3N5O3. The van der Waals surface area contributed by atoms with Crippen molar-refractivity contribution in [2.45, 2.75) is 12.6 Å². The quantitative estimate of drug-likeness (QED) is 0.414. The molecule has 0 fully saturated rings. The van der Waals surface area contributed by atoms with Crippen molar-refractivity contribution in [1.82, 2.24) is 24.8 Å². The highest BCUT2D eigenvalue weighted by Gasteiger charge is 2.38. The zero-order valence-corrected chi connectivity index (χ0v) is 19.1. The van der Waals surface area contributed by atoms with Crippen molar-refractivity contribution in [3.8, 4) is 22.5 Å². The number of amides is 1. The van der Waals surface area contributed by atoms with Crippen LogP contribution in [0.5, 0.6) is 0 Å². The van der Waals surface area contributed by atoms with Gasteiger partial charge in [0, 0.05) is 61.3 Å². The minimum atomic E-state index is -5.08. The van der Waals surface area contributed by atoms with Crippen LogP contribution in [-0.4, -0.2) is 49.2 Å². The van der Waals surface area contributed by atoms with Gasteiger partial charge in [0.2, 0.25) is 0 Å². The third kappa shape index (κ3) is 7.23. The summed E-state index contributed by atoms with van der Waals surface area (Å²) in [6.45, 7) is 0.568. The Labute approximate surface area is 204 Å². The van der Waals surface area contributed by atoms with E-state index in [1.54, 1.807) is 24.8 Å². The summed E-state index contributed by atoms with van der Waals surface area (Å²) in [5.74, 6) is -2.18. The molecule has 186 valence electrons. The van der Waals surface area contributed by atoms with E-state index >= 15 is 0 Å². The van der Waals surface area contributed by atoms with E-state index in [0.717, 1.165) is 28.7 Å². The summed E-state index contributed by atoms with van der Waals surface area (Å²) in [7, 11) is 1.86. The van der Waals surface area contributed by atoms with Crippen LogP contribution in [0.15, 0.2) is 79.5 Å². The van der Waals surface area contributed by atoms with E-state index in [0.29, 0.717) is 18.1 Å². The summed E-state index contributed by atoms with van der Waals surface area (Å²) >= 11 is 0. The molecule has 0 aliphatic heterocycles. The maximum Gasteiger partial charge on any atom is 0.490 e. The van der Waals surface area contributed by atoms with Gasteiger partial charge in [-0.15, -0.1) is 0 Å². The Hall–Kier alpha value is -4.54. The lowest BCUT2D eigenvalue weighted by atomic mass is 10.1. The zero-order chi connectivity index (χ0) is 26.1. The molecule has 0 bridgehead atoms. The number of aryl methyl sites for hydroxylation is 1. The van der Waals surface area contributed by atoms with Crippen LogP contribution in [0.2, 0.25) is 0 Å². The van der Waals surface area contributed by atoms with Crippen molar-refractivity contribution in [2.24, 2.45) is 7.05 Å². The van der Waals surface area contributed by atoms with Gasteiger partial charge in [0.05, 0.1) is 0 Å². The number of carboxylic acids is 1. The van der Waals surface area contributed by atoms with Crippen molar-refractivity contribution in [3.63, 3.8) is 0 Å². The molecule has 0 radical (unpaired) electrons. The van der Waals surface area contributed by atoms with Crippen molar-refractivity contribution in [2.75, 3.05) is 6.54 Å². The molecule has 11 heteroatoms. The number of benzene rings is 1. The molecule has 2 N–H and O–H groups in total. The average molecular weight is 497 g/mol. The molecule has 0 spiro atoms. The molecule has 0 unspecified atom stereocenters. The number of halogens is 3. The van der Waals surface area contributed by atoms with Gasteiger partial charge in [-0.1, -0.05) is 30.3 Å². The summed E-state index contributed by atoms with van der Waals surface area (Å²) in [6.07, 6.45) is 4.68. The molecule has 0 aliphatic rings. The van der Waals surface area contributed by atoms with Gasteiger partial charge in [-0.2, -0.15) is 13.2 Å². The fourth-order valence-corrected chi connectivity index (χ4v) is 3.12. The Morgan fingerprint density at radius 2 is 1.58 bits per heavy atom. The van der Waals surface area contributed by atoms with Crippen molar-refractivity contribution < 1.29 is 27.9 Å². The summed E-state index contributed by atoms with van der Waals surface area (Å²) in [6, 6.07) is 15.6. The van der Waals surface area contributed by atoms with E-state index < -0.39 is 12.1 Å². The molecule has 4 aromatic rings. The number of aliphatic carboxylic acids is 1. The van der Waals surface area contributed by atoms with Gasteiger partial charge in [0.1, 0.15) is 5.69 Å². The Kier molecular flexibility index (Phi) is 8.50. The normalized spacial score (nSPS) is 10.8. The summed E-state index contributed by atoms with van der Waals surface area (Å²) < 4.78 is 33.6. The first-order valence-electron chi connectivity index (χ1n) is 10.7. The monoisotopic (exact) mass is 497 g/mol. The number of rotatable bonds is 6. The lowest BCUT2D eigenvalue weighted by molar-refractivity contribution is -0.192. The molecule has 3 heterocycles. The van der Waals surface area contributed by atoms with Crippen LogP contribution in [0.25, 0.3) is 22.5 Å². The lowest BCUT2D eigenvalue weighted by Crippen LogP contribution is -2.27. The van der Waals surface area contributed by atoms with Gasteiger partial charge in [-0.05, 0) is 30.2 Å². The van der Waals surface area contributed by atoms with E-state index in [1.165, 1.54) is 0 Å². The standard InChI is InChI=1S/C23H21N5O.C2HF3O2/c1-28-16-19(20-14-26-22(27-15-20)18-5-3-2-4-6-18)13-21(28)23(29)25-12-9-17-7-10-24-11-8-17;3-2(4,5)1(6)7/h2-8,10-11,13-16H,9,12H2,1H3,(H,25,29);(H,6,7). The first-order chi connectivity index (χ1) is 17.1. The summed E-state index contributed by atoms with van der Waals surface area (Å²) in [5.41, 5.74) is 4.49.